The van der Waals surface area contributed by atoms with Gasteiger partial charge in [0, 0.05) is 19.4 Å². The monoisotopic (exact) mass is 264 g/mol. The molecule has 1 heterocycles. The molecule has 1 atom stereocenters. The highest BCUT2D eigenvalue weighted by Crippen LogP contribution is 2.37. The second-order valence-corrected chi connectivity index (χ2v) is 5.96. The lowest BCUT2D eigenvalue weighted by Crippen LogP contribution is -2.37. The molecule has 0 spiro atoms. The molecule has 0 amide bonds. The number of aromatic nitrogens is 2. The van der Waals surface area contributed by atoms with Crippen molar-refractivity contribution in [2.75, 3.05) is 0 Å². The van der Waals surface area contributed by atoms with Crippen molar-refractivity contribution in [2.24, 2.45) is 24.7 Å². The van der Waals surface area contributed by atoms with Crippen molar-refractivity contribution in [3.05, 3.63) is 18.2 Å². The fourth-order valence-electron chi connectivity index (χ4n) is 3.40. The molecule has 1 fully saturated rings. The summed E-state index contributed by atoms with van der Waals surface area (Å²) in [6.07, 6.45) is 13.2. The number of aryl methyl sites for hydroxylation is 1. The van der Waals surface area contributed by atoms with Crippen LogP contribution in [-0.2, 0) is 7.05 Å². The van der Waals surface area contributed by atoms with Crippen LogP contribution in [0.2, 0.25) is 0 Å². The van der Waals surface area contributed by atoms with E-state index in [1.165, 1.54) is 44.9 Å². The van der Waals surface area contributed by atoms with Crippen molar-refractivity contribution in [1.29, 1.82) is 0 Å². The summed E-state index contributed by atoms with van der Waals surface area (Å²) in [7, 11) is 2.04. The van der Waals surface area contributed by atoms with Gasteiger partial charge in [0.15, 0.2) is 0 Å². The van der Waals surface area contributed by atoms with Crippen LogP contribution in [0.3, 0.4) is 0 Å². The molecule has 1 saturated carbocycles. The Labute approximate surface area is 116 Å². The van der Waals surface area contributed by atoms with Gasteiger partial charge in [-0.25, -0.2) is 10.4 Å². The third-order valence-corrected chi connectivity index (χ3v) is 4.64. The van der Waals surface area contributed by atoms with Gasteiger partial charge in [-0.05, 0) is 24.7 Å². The van der Waals surface area contributed by atoms with Crippen molar-refractivity contribution < 1.29 is 0 Å². The topological polar surface area (TPSA) is 55.9 Å². The SMILES string of the molecule is CCCCC1CCC(C(NN)c2nccn2C)CC1. The van der Waals surface area contributed by atoms with E-state index in [9.17, 15) is 0 Å². The predicted octanol–water partition coefficient (Wildman–Crippen LogP) is 2.92. The molecule has 3 N–H and O–H groups in total. The van der Waals surface area contributed by atoms with Crippen molar-refractivity contribution in [1.82, 2.24) is 15.0 Å². The number of imidazole rings is 1. The number of hydrazine groups is 1. The number of unbranched alkanes of at least 4 members (excludes halogenated alkanes) is 1. The first-order valence-electron chi connectivity index (χ1n) is 7.69. The highest BCUT2D eigenvalue weighted by atomic mass is 15.3. The molecular formula is C15H28N4. The van der Waals surface area contributed by atoms with E-state index in [1.807, 2.05) is 19.4 Å². The number of nitrogens with zero attached hydrogens (tertiary/aromatic N) is 2. The van der Waals surface area contributed by atoms with E-state index in [-0.39, 0.29) is 6.04 Å². The zero-order valence-corrected chi connectivity index (χ0v) is 12.3. The molecule has 0 radical (unpaired) electrons. The second kappa shape index (κ2) is 7.06. The molecule has 1 aromatic heterocycles. The third-order valence-electron chi connectivity index (χ3n) is 4.64. The molecule has 108 valence electrons. The molecule has 4 heteroatoms. The maximum atomic E-state index is 5.78. The van der Waals surface area contributed by atoms with Gasteiger partial charge >= 0.3 is 0 Å². The molecule has 1 unspecified atom stereocenters. The Balaban J connectivity index is 1.90. The Hall–Kier alpha value is -0.870. The molecule has 0 aromatic carbocycles. The quantitative estimate of drug-likeness (QED) is 0.613. The second-order valence-electron chi connectivity index (χ2n) is 5.96. The lowest BCUT2D eigenvalue weighted by molar-refractivity contribution is 0.207. The van der Waals surface area contributed by atoms with Crippen LogP contribution in [0.15, 0.2) is 12.4 Å². The molecule has 4 nitrogen and oxygen atoms in total. The summed E-state index contributed by atoms with van der Waals surface area (Å²) in [4.78, 5) is 4.45. The van der Waals surface area contributed by atoms with Gasteiger partial charge < -0.3 is 4.57 Å². The summed E-state index contributed by atoms with van der Waals surface area (Å²) >= 11 is 0. The summed E-state index contributed by atoms with van der Waals surface area (Å²) in [6.45, 7) is 2.28. The number of rotatable bonds is 6. The van der Waals surface area contributed by atoms with Crippen LogP contribution in [0.4, 0.5) is 0 Å². The normalized spacial score (nSPS) is 25.4. The van der Waals surface area contributed by atoms with Crippen LogP contribution in [0, 0.1) is 11.8 Å². The van der Waals surface area contributed by atoms with E-state index in [4.69, 9.17) is 5.84 Å². The van der Waals surface area contributed by atoms with Crippen LogP contribution in [0.5, 0.6) is 0 Å². The first-order chi connectivity index (χ1) is 9.26. The predicted molar refractivity (Wildman–Crippen MR) is 78.2 cm³/mol. The molecular weight excluding hydrogens is 236 g/mol. The van der Waals surface area contributed by atoms with Gasteiger partial charge in [0.1, 0.15) is 5.82 Å². The fourth-order valence-corrected chi connectivity index (χ4v) is 3.40. The van der Waals surface area contributed by atoms with E-state index < -0.39 is 0 Å². The fraction of sp³-hybridized carbons (Fsp3) is 0.800. The van der Waals surface area contributed by atoms with E-state index in [0.717, 1.165) is 11.7 Å². The molecule has 1 aliphatic rings. The highest BCUT2D eigenvalue weighted by molar-refractivity contribution is 5.01. The average Bonchev–Trinajstić information content (AvgIpc) is 2.85. The summed E-state index contributed by atoms with van der Waals surface area (Å²) in [5.41, 5.74) is 2.99. The van der Waals surface area contributed by atoms with Gasteiger partial charge in [-0.15, -0.1) is 0 Å². The number of nitrogens with one attached hydrogen (secondary N) is 1. The van der Waals surface area contributed by atoms with Crippen LogP contribution in [0.1, 0.15) is 63.7 Å². The van der Waals surface area contributed by atoms with E-state index in [1.54, 1.807) is 0 Å². The van der Waals surface area contributed by atoms with Crippen molar-refractivity contribution in [2.45, 2.75) is 57.9 Å². The van der Waals surface area contributed by atoms with Crippen molar-refractivity contribution in [3.8, 4) is 0 Å². The van der Waals surface area contributed by atoms with E-state index in [0.29, 0.717) is 5.92 Å². The van der Waals surface area contributed by atoms with Gasteiger partial charge in [-0.3, -0.25) is 5.84 Å². The van der Waals surface area contributed by atoms with Gasteiger partial charge in [0.05, 0.1) is 6.04 Å². The van der Waals surface area contributed by atoms with Gasteiger partial charge in [-0.1, -0.05) is 39.0 Å². The molecule has 2 rings (SSSR count). The number of hydrogen-bond donors (Lipinski definition) is 2. The zero-order chi connectivity index (χ0) is 13.7. The van der Waals surface area contributed by atoms with Crippen LogP contribution in [-0.4, -0.2) is 9.55 Å². The minimum Gasteiger partial charge on any atom is -0.337 e. The Bertz CT molecular complexity index is 366. The van der Waals surface area contributed by atoms with Gasteiger partial charge in [0.2, 0.25) is 0 Å². The molecule has 1 aliphatic carbocycles. The summed E-state index contributed by atoms with van der Waals surface area (Å²) < 4.78 is 2.08. The first-order valence-corrected chi connectivity index (χ1v) is 7.69. The first kappa shape index (κ1) is 14.5. The minimum atomic E-state index is 0.201. The third kappa shape index (κ3) is 3.57. The Morgan fingerprint density at radius 2 is 2.16 bits per heavy atom. The largest absolute Gasteiger partial charge is 0.337 e. The van der Waals surface area contributed by atoms with E-state index >= 15 is 0 Å². The standard InChI is InChI=1S/C15H28N4/c1-3-4-5-12-6-8-13(9-7-12)14(18-16)15-17-10-11-19(15)2/h10-14,18H,3-9,16H2,1-2H3. The summed E-state index contributed by atoms with van der Waals surface area (Å²) in [5, 5.41) is 0. The Morgan fingerprint density at radius 3 is 2.68 bits per heavy atom. The highest BCUT2D eigenvalue weighted by Gasteiger charge is 2.29. The maximum absolute atomic E-state index is 5.78. The molecule has 1 aromatic rings. The molecule has 19 heavy (non-hydrogen) atoms. The van der Waals surface area contributed by atoms with Crippen LogP contribution in [0.25, 0.3) is 0 Å². The molecule has 0 saturated heterocycles. The average molecular weight is 264 g/mol. The zero-order valence-electron chi connectivity index (χ0n) is 12.3. The number of hydrogen-bond acceptors (Lipinski definition) is 3. The maximum Gasteiger partial charge on any atom is 0.127 e. The van der Waals surface area contributed by atoms with E-state index in [2.05, 4.69) is 21.9 Å². The number of nitrogens with two attached hydrogens (primary N) is 1. The molecule has 0 aliphatic heterocycles. The molecule has 0 bridgehead atoms. The smallest absolute Gasteiger partial charge is 0.127 e. The van der Waals surface area contributed by atoms with Crippen LogP contribution >= 0.6 is 0 Å². The lowest BCUT2D eigenvalue weighted by atomic mass is 9.77. The summed E-state index contributed by atoms with van der Waals surface area (Å²) in [5.74, 6) is 8.41. The van der Waals surface area contributed by atoms with Gasteiger partial charge in [0.25, 0.3) is 0 Å². The minimum absolute atomic E-state index is 0.201. The van der Waals surface area contributed by atoms with Crippen molar-refractivity contribution >= 4 is 0 Å². The Kier molecular flexibility index (Phi) is 5.40. The van der Waals surface area contributed by atoms with Gasteiger partial charge in [-0.2, -0.15) is 0 Å². The lowest BCUT2D eigenvalue weighted by Gasteiger charge is -2.33. The summed E-state index contributed by atoms with van der Waals surface area (Å²) in [6, 6.07) is 0.201. The van der Waals surface area contributed by atoms with Crippen molar-refractivity contribution in [3.63, 3.8) is 0 Å². The van der Waals surface area contributed by atoms with Crippen LogP contribution < -0.4 is 11.3 Å². The Morgan fingerprint density at radius 1 is 1.42 bits per heavy atom.